The van der Waals surface area contributed by atoms with Gasteiger partial charge < -0.3 is 10.2 Å². The minimum absolute atomic E-state index is 0.331. The van der Waals surface area contributed by atoms with E-state index in [1.54, 1.807) is 0 Å². The van der Waals surface area contributed by atoms with Crippen molar-refractivity contribution >= 4 is 11.9 Å². The number of unbranched alkanes of at least 4 members (excludes halogenated alkanes) is 16. The van der Waals surface area contributed by atoms with Crippen LogP contribution in [0.25, 0.3) is 0 Å². The highest BCUT2D eigenvalue weighted by Crippen LogP contribution is 2.13. The second-order valence-corrected chi connectivity index (χ2v) is 9.48. The Labute approximate surface area is 193 Å². The molecular weight excluding hydrogens is 388 g/mol. The molecule has 4 nitrogen and oxygen atoms in total. The summed E-state index contributed by atoms with van der Waals surface area (Å²) in [6, 6.07) is 0. The number of hydrogen-bond acceptors (Lipinski definition) is 2. The Morgan fingerprint density at radius 3 is 1.10 bits per heavy atom. The van der Waals surface area contributed by atoms with Crippen molar-refractivity contribution in [2.75, 3.05) is 0 Å². The van der Waals surface area contributed by atoms with E-state index < -0.39 is 11.9 Å². The molecule has 0 aromatic carbocycles. The van der Waals surface area contributed by atoms with Crippen LogP contribution in [0, 0.1) is 5.92 Å². The third-order valence-corrected chi connectivity index (χ3v) is 5.67. The molecule has 0 aromatic rings. The zero-order valence-electron chi connectivity index (χ0n) is 21.1. The number of carbonyl (C=O) groups is 2. The van der Waals surface area contributed by atoms with E-state index in [9.17, 15) is 9.59 Å². The van der Waals surface area contributed by atoms with E-state index in [0.717, 1.165) is 31.6 Å². The largest absolute Gasteiger partial charge is 0.481 e. The lowest BCUT2D eigenvalue weighted by molar-refractivity contribution is -0.138. The number of carboxylic acid groups (broad SMARTS) is 2. The first-order chi connectivity index (χ1) is 14.9. The van der Waals surface area contributed by atoms with Gasteiger partial charge in [0.05, 0.1) is 0 Å². The molecule has 0 saturated carbocycles. The molecule has 0 radical (unpaired) electrons. The molecule has 0 heterocycles. The lowest BCUT2D eigenvalue weighted by Crippen LogP contribution is -1.94. The SMILES string of the molecule is CC(C)CCCCCC(=O)O.CCCCCCCCCCCCCCCCCC(=O)O. The monoisotopic (exact) mass is 442 g/mol. The van der Waals surface area contributed by atoms with Crippen LogP contribution in [0.15, 0.2) is 0 Å². The zero-order chi connectivity index (χ0) is 23.6. The maximum Gasteiger partial charge on any atom is 0.303 e. The molecule has 0 spiro atoms. The van der Waals surface area contributed by atoms with Crippen LogP contribution in [0.1, 0.15) is 156 Å². The highest BCUT2D eigenvalue weighted by molar-refractivity contribution is 5.66. The lowest BCUT2D eigenvalue weighted by Gasteiger charge is -2.03. The zero-order valence-corrected chi connectivity index (χ0v) is 21.1. The first-order valence-electron chi connectivity index (χ1n) is 13.3. The van der Waals surface area contributed by atoms with Gasteiger partial charge in [0.2, 0.25) is 0 Å². The molecule has 31 heavy (non-hydrogen) atoms. The Bertz CT molecular complexity index is 379. The molecule has 0 saturated heterocycles. The molecule has 0 unspecified atom stereocenters. The van der Waals surface area contributed by atoms with Crippen LogP contribution in [0.4, 0.5) is 0 Å². The molecular formula is C27H54O4. The molecule has 0 rings (SSSR count). The van der Waals surface area contributed by atoms with Crippen LogP contribution in [-0.2, 0) is 9.59 Å². The summed E-state index contributed by atoms with van der Waals surface area (Å²) in [6.45, 7) is 6.65. The fourth-order valence-corrected chi connectivity index (χ4v) is 3.65. The number of hydrogen-bond donors (Lipinski definition) is 2. The van der Waals surface area contributed by atoms with Crippen LogP contribution in [0.2, 0.25) is 0 Å². The predicted molar refractivity (Wildman–Crippen MR) is 133 cm³/mol. The van der Waals surface area contributed by atoms with Crippen LogP contribution < -0.4 is 0 Å². The Kier molecular flexibility index (Phi) is 28.0. The van der Waals surface area contributed by atoms with Crippen molar-refractivity contribution in [2.24, 2.45) is 5.92 Å². The summed E-state index contributed by atoms with van der Waals surface area (Å²) in [7, 11) is 0. The molecule has 4 heteroatoms. The van der Waals surface area contributed by atoms with Crippen molar-refractivity contribution in [3.8, 4) is 0 Å². The highest BCUT2D eigenvalue weighted by atomic mass is 16.4. The maximum atomic E-state index is 10.3. The third-order valence-electron chi connectivity index (χ3n) is 5.67. The first kappa shape index (κ1) is 32.1. The molecule has 186 valence electrons. The van der Waals surface area contributed by atoms with Gasteiger partial charge >= 0.3 is 11.9 Å². The summed E-state index contributed by atoms with van der Waals surface area (Å²) < 4.78 is 0. The van der Waals surface area contributed by atoms with Gasteiger partial charge in [-0.1, -0.05) is 130 Å². The Balaban J connectivity index is 0. The Morgan fingerprint density at radius 2 is 0.806 bits per heavy atom. The van der Waals surface area contributed by atoms with Gasteiger partial charge in [-0.15, -0.1) is 0 Å². The highest BCUT2D eigenvalue weighted by Gasteiger charge is 1.98. The lowest BCUT2D eigenvalue weighted by atomic mass is 10.0. The van der Waals surface area contributed by atoms with Gasteiger partial charge in [-0.3, -0.25) is 9.59 Å². The molecule has 0 aliphatic carbocycles. The quantitative estimate of drug-likeness (QED) is 0.164. The fourth-order valence-electron chi connectivity index (χ4n) is 3.65. The van der Waals surface area contributed by atoms with Crippen LogP contribution in [0.3, 0.4) is 0 Å². The van der Waals surface area contributed by atoms with Crippen molar-refractivity contribution in [3.05, 3.63) is 0 Å². The molecule has 0 fully saturated rings. The number of carboxylic acids is 2. The summed E-state index contributed by atoms with van der Waals surface area (Å²) >= 11 is 0. The van der Waals surface area contributed by atoms with Gasteiger partial charge in [-0.2, -0.15) is 0 Å². The minimum Gasteiger partial charge on any atom is -0.481 e. The van der Waals surface area contributed by atoms with E-state index in [-0.39, 0.29) is 0 Å². The topological polar surface area (TPSA) is 74.6 Å². The number of aliphatic carboxylic acids is 2. The Morgan fingerprint density at radius 1 is 0.516 bits per heavy atom. The summed E-state index contributed by atoms with van der Waals surface area (Å²) in [4.78, 5) is 20.4. The van der Waals surface area contributed by atoms with Crippen LogP contribution in [-0.4, -0.2) is 22.2 Å². The molecule has 0 amide bonds. The van der Waals surface area contributed by atoms with Crippen LogP contribution >= 0.6 is 0 Å². The van der Waals surface area contributed by atoms with Gasteiger partial charge in [-0.05, 0) is 18.8 Å². The summed E-state index contributed by atoms with van der Waals surface area (Å²) in [6.07, 6.45) is 24.8. The summed E-state index contributed by atoms with van der Waals surface area (Å²) in [5.41, 5.74) is 0. The van der Waals surface area contributed by atoms with E-state index in [1.807, 2.05) is 0 Å². The van der Waals surface area contributed by atoms with Gasteiger partial charge in [0.25, 0.3) is 0 Å². The summed E-state index contributed by atoms with van der Waals surface area (Å²) in [5.74, 6) is -0.575. The van der Waals surface area contributed by atoms with Gasteiger partial charge in [0, 0.05) is 12.8 Å². The van der Waals surface area contributed by atoms with Gasteiger partial charge in [-0.25, -0.2) is 0 Å². The molecule has 0 aromatic heterocycles. The molecule has 0 atom stereocenters. The normalized spacial score (nSPS) is 10.7. The van der Waals surface area contributed by atoms with E-state index in [0.29, 0.717) is 12.8 Å². The second kappa shape index (κ2) is 27.0. The predicted octanol–water partition coefficient (Wildman–Crippen LogP) is 9.01. The van der Waals surface area contributed by atoms with E-state index >= 15 is 0 Å². The van der Waals surface area contributed by atoms with Gasteiger partial charge in [0.1, 0.15) is 0 Å². The molecule has 2 N–H and O–H groups in total. The van der Waals surface area contributed by atoms with Crippen molar-refractivity contribution in [1.29, 1.82) is 0 Å². The van der Waals surface area contributed by atoms with Crippen LogP contribution in [0.5, 0.6) is 0 Å². The molecule has 0 aliphatic rings. The van der Waals surface area contributed by atoms with E-state index in [2.05, 4.69) is 20.8 Å². The minimum atomic E-state index is -0.672. The third kappa shape index (κ3) is 36.6. The Hall–Kier alpha value is -1.06. The smallest absolute Gasteiger partial charge is 0.303 e. The molecule has 0 aliphatic heterocycles. The van der Waals surface area contributed by atoms with Crippen molar-refractivity contribution in [3.63, 3.8) is 0 Å². The van der Waals surface area contributed by atoms with Crippen molar-refractivity contribution in [2.45, 2.75) is 156 Å². The maximum absolute atomic E-state index is 10.3. The fraction of sp³-hybridized carbons (Fsp3) is 0.926. The van der Waals surface area contributed by atoms with E-state index in [4.69, 9.17) is 10.2 Å². The summed E-state index contributed by atoms with van der Waals surface area (Å²) in [5, 5.41) is 16.8. The van der Waals surface area contributed by atoms with Gasteiger partial charge in [0.15, 0.2) is 0 Å². The van der Waals surface area contributed by atoms with E-state index in [1.165, 1.54) is 96.3 Å². The first-order valence-corrected chi connectivity index (χ1v) is 13.3. The standard InChI is InChI=1S/C18H36O2.C9H18O2/c1-2-3-4-5-6-7-8-9-10-11-12-13-14-15-16-17-18(19)20;1-8(2)6-4-3-5-7-9(10)11/h2-17H2,1H3,(H,19,20);8H,3-7H2,1-2H3,(H,10,11). The second-order valence-electron chi connectivity index (χ2n) is 9.48. The van der Waals surface area contributed by atoms with Crippen molar-refractivity contribution in [1.82, 2.24) is 0 Å². The number of rotatable bonds is 22. The average molecular weight is 443 g/mol. The van der Waals surface area contributed by atoms with Crippen molar-refractivity contribution < 1.29 is 19.8 Å². The average Bonchev–Trinajstić information content (AvgIpc) is 2.70. The molecule has 0 bridgehead atoms.